The molecule has 0 unspecified atom stereocenters. The number of esters is 1. The van der Waals surface area contributed by atoms with Gasteiger partial charge in [0.05, 0.1) is 7.11 Å². The maximum atomic E-state index is 12.1. The Bertz CT molecular complexity index is 956. The molecular weight excluding hydrogens is 376 g/mol. The number of carbonyl (C=O) groups is 1. The number of hydrogen-bond donors (Lipinski definition) is 1. The van der Waals surface area contributed by atoms with Crippen LogP contribution in [0.5, 0.6) is 17.2 Å². The molecule has 0 bridgehead atoms. The van der Waals surface area contributed by atoms with Gasteiger partial charge in [0.2, 0.25) is 0 Å². The van der Waals surface area contributed by atoms with Crippen molar-refractivity contribution in [3.05, 3.63) is 64.7 Å². The van der Waals surface area contributed by atoms with Gasteiger partial charge in [-0.25, -0.2) is 4.79 Å². The molecule has 4 nitrogen and oxygen atoms in total. The summed E-state index contributed by atoms with van der Waals surface area (Å²) in [4.78, 5) is 12.1. The van der Waals surface area contributed by atoms with E-state index in [1.54, 1.807) is 7.11 Å². The van der Waals surface area contributed by atoms with Gasteiger partial charge in [0.25, 0.3) is 0 Å². The molecule has 0 aliphatic heterocycles. The van der Waals surface area contributed by atoms with Gasteiger partial charge in [-0.3, -0.25) is 0 Å². The number of phenols is 1. The van der Waals surface area contributed by atoms with Gasteiger partial charge in [0, 0.05) is 23.6 Å². The van der Waals surface area contributed by atoms with E-state index in [0.29, 0.717) is 17.9 Å². The lowest BCUT2D eigenvalue weighted by atomic mass is 9.82. The summed E-state index contributed by atoms with van der Waals surface area (Å²) in [6, 6.07) is 7.74. The fraction of sp³-hybridized carbons (Fsp3) is 0.423. The molecule has 0 amide bonds. The monoisotopic (exact) mass is 410 g/mol. The number of methoxy groups -OCH3 is 1. The smallest absolute Gasteiger partial charge is 0.335 e. The Morgan fingerprint density at radius 3 is 2.10 bits per heavy atom. The van der Waals surface area contributed by atoms with E-state index < -0.39 is 5.97 Å². The largest absolute Gasteiger partial charge is 0.507 e. The number of ether oxygens (including phenoxy) is 2. The summed E-state index contributed by atoms with van der Waals surface area (Å²) in [5.74, 6) is 0.924. The summed E-state index contributed by atoms with van der Waals surface area (Å²) >= 11 is 0. The molecule has 30 heavy (non-hydrogen) atoms. The van der Waals surface area contributed by atoms with Crippen LogP contribution in [-0.2, 0) is 22.0 Å². The second-order valence-electron chi connectivity index (χ2n) is 9.79. The van der Waals surface area contributed by atoms with Crippen molar-refractivity contribution >= 4 is 5.97 Å². The lowest BCUT2D eigenvalue weighted by Gasteiger charge is -2.26. The van der Waals surface area contributed by atoms with Crippen molar-refractivity contribution in [1.29, 1.82) is 0 Å². The van der Waals surface area contributed by atoms with Gasteiger partial charge >= 0.3 is 5.97 Å². The standard InChI is InChI=1S/C26H34O4/c1-10-22(27)30-24-18(14-19(29-9)15-21(24)26(6,7)8)13-17-11-16(2)12-20(23(17)28)25(3,4)5/h10-12,14-15,28H,1,13H2,2-9H3. The number of aromatic hydroxyl groups is 1. The molecule has 0 atom stereocenters. The van der Waals surface area contributed by atoms with E-state index in [0.717, 1.165) is 33.9 Å². The highest BCUT2D eigenvalue weighted by atomic mass is 16.5. The van der Waals surface area contributed by atoms with Crippen molar-refractivity contribution in [3.8, 4) is 17.2 Å². The molecule has 0 heterocycles. The van der Waals surface area contributed by atoms with Crippen LogP contribution in [0.2, 0.25) is 0 Å². The first kappa shape index (κ1) is 23.5. The number of carbonyl (C=O) groups excluding carboxylic acids is 1. The minimum atomic E-state index is -0.518. The SMILES string of the molecule is C=CC(=O)Oc1c(Cc2cc(C)cc(C(C)(C)C)c2O)cc(OC)cc1C(C)(C)C. The molecule has 0 saturated heterocycles. The third-order valence-electron chi connectivity index (χ3n) is 5.07. The summed E-state index contributed by atoms with van der Waals surface area (Å²) in [6.45, 7) is 17.9. The molecule has 0 radical (unpaired) electrons. The van der Waals surface area contributed by atoms with Crippen LogP contribution in [0.4, 0.5) is 0 Å². The van der Waals surface area contributed by atoms with E-state index >= 15 is 0 Å². The first-order chi connectivity index (χ1) is 13.8. The Labute approximate surface area is 180 Å². The lowest BCUT2D eigenvalue weighted by Crippen LogP contribution is -2.17. The minimum Gasteiger partial charge on any atom is -0.507 e. The molecule has 0 saturated carbocycles. The average molecular weight is 411 g/mol. The van der Waals surface area contributed by atoms with Crippen LogP contribution in [0, 0.1) is 6.92 Å². The summed E-state index contributed by atoms with van der Waals surface area (Å²) in [5.41, 5.74) is 3.88. The van der Waals surface area contributed by atoms with E-state index in [-0.39, 0.29) is 16.6 Å². The third-order valence-corrected chi connectivity index (χ3v) is 5.07. The Hall–Kier alpha value is -2.75. The second kappa shape index (κ2) is 8.55. The third kappa shape index (κ3) is 5.24. The van der Waals surface area contributed by atoms with Gasteiger partial charge in [-0.2, -0.15) is 0 Å². The van der Waals surface area contributed by atoms with Crippen molar-refractivity contribution in [3.63, 3.8) is 0 Å². The summed E-state index contributed by atoms with van der Waals surface area (Å²) in [7, 11) is 1.61. The number of rotatable bonds is 5. The van der Waals surface area contributed by atoms with Crippen molar-refractivity contribution in [1.82, 2.24) is 0 Å². The number of benzene rings is 2. The van der Waals surface area contributed by atoms with Crippen LogP contribution in [0.1, 0.15) is 69.4 Å². The Morgan fingerprint density at radius 1 is 1.00 bits per heavy atom. The Morgan fingerprint density at radius 2 is 1.60 bits per heavy atom. The van der Waals surface area contributed by atoms with Gasteiger partial charge in [-0.05, 0) is 41.0 Å². The van der Waals surface area contributed by atoms with Crippen LogP contribution in [0.25, 0.3) is 0 Å². The second-order valence-corrected chi connectivity index (χ2v) is 9.79. The lowest BCUT2D eigenvalue weighted by molar-refractivity contribution is -0.129. The van der Waals surface area contributed by atoms with Crippen molar-refractivity contribution in [2.24, 2.45) is 0 Å². The fourth-order valence-corrected chi connectivity index (χ4v) is 3.49. The predicted molar refractivity (Wildman–Crippen MR) is 122 cm³/mol. The van der Waals surface area contributed by atoms with Gasteiger partial charge < -0.3 is 14.6 Å². The molecule has 2 rings (SSSR count). The first-order valence-electron chi connectivity index (χ1n) is 10.2. The topological polar surface area (TPSA) is 55.8 Å². The van der Waals surface area contributed by atoms with Crippen molar-refractivity contribution < 1.29 is 19.4 Å². The molecule has 2 aromatic carbocycles. The maximum absolute atomic E-state index is 12.1. The summed E-state index contributed by atoms with van der Waals surface area (Å²) in [6.07, 6.45) is 1.55. The van der Waals surface area contributed by atoms with Crippen LogP contribution >= 0.6 is 0 Å². The van der Waals surface area contributed by atoms with Crippen LogP contribution < -0.4 is 9.47 Å². The van der Waals surface area contributed by atoms with Gasteiger partial charge in [-0.1, -0.05) is 65.8 Å². The molecule has 162 valence electrons. The quantitative estimate of drug-likeness (QED) is 0.374. The average Bonchev–Trinajstić information content (AvgIpc) is 2.63. The van der Waals surface area contributed by atoms with Crippen molar-refractivity contribution in [2.45, 2.75) is 65.7 Å². The first-order valence-corrected chi connectivity index (χ1v) is 10.2. The van der Waals surface area contributed by atoms with Crippen LogP contribution in [-0.4, -0.2) is 18.2 Å². The zero-order valence-corrected chi connectivity index (χ0v) is 19.5. The van der Waals surface area contributed by atoms with E-state index in [9.17, 15) is 9.90 Å². The molecular formula is C26H34O4. The fourth-order valence-electron chi connectivity index (χ4n) is 3.49. The molecule has 0 spiro atoms. The maximum Gasteiger partial charge on any atom is 0.335 e. The highest BCUT2D eigenvalue weighted by Crippen LogP contribution is 2.41. The zero-order chi connectivity index (χ0) is 22.9. The van der Waals surface area contributed by atoms with Crippen LogP contribution in [0.15, 0.2) is 36.9 Å². The predicted octanol–water partition coefficient (Wildman–Crippen LogP) is 5.99. The molecule has 0 aliphatic rings. The Kier molecular flexibility index (Phi) is 6.70. The summed E-state index contributed by atoms with van der Waals surface area (Å²) < 4.78 is 11.2. The molecule has 1 N–H and O–H groups in total. The molecule has 4 heteroatoms. The van der Waals surface area contributed by atoms with Crippen molar-refractivity contribution in [2.75, 3.05) is 7.11 Å². The van der Waals surface area contributed by atoms with Gasteiger partial charge in [0.15, 0.2) is 0 Å². The molecule has 0 aromatic heterocycles. The van der Waals surface area contributed by atoms with E-state index in [1.807, 2.05) is 31.2 Å². The highest BCUT2D eigenvalue weighted by molar-refractivity contribution is 5.84. The van der Waals surface area contributed by atoms with E-state index in [4.69, 9.17) is 9.47 Å². The number of hydrogen-bond acceptors (Lipinski definition) is 4. The van der Waals surface area contributed by atoms with Gasteiger partial charge in [0.1, 0.15) is 17.2 Å². The molecule has 0 aliphatic carbocycles. The molecule has 0 fully saturated rings. The number of phenolic OH excluding ortho intramolecular Hbond substituents is 1. The van der Waals surface area contributed by atoms with Crippen LogP contribution in [0.3, 0.4) is 0 Å². The zero-order valence-electron chi connectivity index (χ0n) is 19.5. The van der Waals surface area contributed by atoms with E-state index in [1.165, 1.54) is 0 Å². The highest BCUT2D eigenvalue weighted by Gasteiger charge is 2.26. The Balaban J connectivity index is 2.74. The summed E-state index contributed by atoms with van der Waals surface area (Å²) in [5, 5.41) is 11.0. The van der Waals surface area contributed by atoms with E-state index in [2.05, 4.69) is 48.1 Å². The normalized spacial score (nSPS) is 11.9. The molecule has 2 aromatic rings. The minimum absolute atomic E-state index is 0.200. The number of aryl methyl sites for hydroxylation is 1. The van der Waals surface area contributed by atoms with Gasteiger partial charge in [-0.15, -0.1) is 0 Å².